The monoisotopic (exact) mass is 263 g/mol. The number of carbonyl (C=O) groups is 1. The van der Waals surface area contributed by atoms with Gasteiger partial charge in [-0.1, -0.05) is 19.1 Å². The van der Waals surface area contributed by atoms with Crippen LogP contribution >= 0.6 is 0 Å². The molecule has 0 radical (unpaired) electrons. The van der Waals surface area contributed by atoms with Crippen molar-refractivity contribution in [1.82, 2.24) is 5.32 Å². The molecule has 0 unspecified atom stereocenters. The van der Waals surface area contributed by atoms with Crippen LogP contribution in [-0.4, -0.2) is 30.8 Å². The first-order valence-corrected chi connectivity index (χ1v) is 6.77. The lowest BCUT2D eigenvalue weighted by Gasteiger charge is -2.13. The van der Waals surface area contributed by atoms with Crippen LogP contribution in [0, 0.1) is 5.41 Å². The zero-order chi connectivity index (χ0) is 13.7. The highest BCUT2D eigenvalue weighted by atomic mass is 16.5. The normalized spacial score (nSPS) is 15.9. The second-order valence-electron chi connectivity index (χ2n) is 5.22. The van der Waals surface area contributed by atoms with Gasteiger partial charge in [0, 0.05) is 12.0 Å². The van der Waals surface area contributed by atoms with E-state index in [1.807, 2.05) is 24.3 Å². The van der Waals surface area contributed by atoms with Gasteiger partial charge in [0.15, 0.2) is 6.61 Å². The van der Waals surface area contributed by atoms with Crippen molar-refractivity contribution >= 4 is 5.91 Å². The largest absolute Gasteiger partial charge is 0.484 e. The fourth-order valence-electron chi connectivity index (χ4n) is 1.91. The minimum atomic E-state index is -0.137. The highest BCUT2D eigenvalue weighted by Gasteiger charge is 2.42. The summed E-state index contributed by atoms with van der Waals surface area (Å²) in [6.07, 6.45) is 2.93. The summed E-state index contributed by atoms with van der Waals surface area (Å²) in [5, 5.41) is 12.0. The SMILES string of the molecule is CCc1cccc(OCC(=O)NCC2(CO)CC2)c1. The van der Waals surface area contributed by atoms with E-state index in [1.54, 1.807) is 0 Å². The van der Waals surface area contributed by atoms with E-state index in [1.165, 1.54) is 5.56 Å². The minimum absolute atomic E-state index is 0.0225. The molecule has 1 aliphatic carbocycles. The maximum Gasteiger partial charge on any atom is 0.257 e. The second kappa shape index (κ2) is 6.06. The molecule has 0 bridgehead atoms. The number of nitrogens with one attached hydrogen (secondary N) is 1. The van der Waals surface area contributed by atoms with Crippen molar-refractivity contribution in [2.24, 2.45) is 5.41 Å². The van der Waals surface area contributed by atoms with Gasteiger partial charge in [-0.2, -0.15) is 0 Å². The fourth-order valence-corrected chi connectivity index (χ4v) is 1.91. The van der Waals surface area contributed by atoms with E-state index in [0.717, 1.165) is 25.0 Å². The highest BCUT2D eigenvalue weighted by molar-refractivity contribution is 5.77. The number of amides is 1. The molecule has 1 aromatic rings. The lowest BCUT2D eigenvalue weighted by atomic mass is 10.1. The van der Waals surface area contributed by atoms with E-state index in [-0.39, 0.29) is 24.5 Å². The predicted molar refractivity (Wildman–Crippen MR) is 73.1 cm³/mol. The summed E-state index contributed by atoms with van der Waals surface area (Å²) in [5.41, 5.74) is 1.13. The Balaban J connectivity index is 1.73. The molecule has 19 heavy (non-hydrogen) atoms. The van der Waals surface area contributed by atoms with Crippen molar-refractivity contribution in [2.75, 3.05) is 19.8 Å². The third kappa shape index (κ3) is 3.96. The van der Waals surface area contributed by atoms with Crippen LogP contribution < -0.4 is 10.1 Å². The molecule has 104 valence electrons. The Kier molecular flexibility index (Phi) is 4.43. The molecular weight excluding hydrogens is 242 g/mol. The number of aliphatic hydroxyl groups excluding tert-OH is 1. The van der Waals surface area contributed by atoms with Gasteiger partial charge in [0.25, 0.3) is 5.91 Å². The van der Waals surface area contributed by atoms with Crippen molar-refractivity contribution < 1.29 is 14.6 Å². The quantitative estimate of drug-likeness (QED) is 0.784. The van der Waals surface area contributed by atoms with Gasteiger partial charge in [0.1, 0.15) is 5.75 Å². The summed E-state index contributed by atoms with van der Waals surface area (Å²) in [5.74, 6) is 0.583. The lowest BCUT2D eigenvalue weighted by molar-refractivity contribution is -0.123. The van der Waals surface area contributed by atoms with E-state index in [2.05, 4.69) is 12.2 Å². The van der Waals surface area contributed by atoms with Crippen LogP contribution in [-0.2, 0) is 11.2 Å². The summed E-state index contributed by atoms with van der Waals surface area (Å²) in [6, 6.07) is 7.76. The average molecular weight is 263 g/mol. The summed E-state index contributed by atoms with van der Waals surface area (Å²) in [7, 11) is 0. The van der Waals surface area contributed by atoms with Gasteiger partial charge in [0.05, 0.1) is 6.61 Å². The Morgan fingerprint density at radius 3 is 2.89 bits per heavy atom. The fraction of sp³-hybridized carbons (Fsp3) is 0.533. The molecule has 0 aliphatic heterocycles. The van der Waals surface area contributed by atoms with Crippen molar-refractivity contribution in [3.05, 3.63) is 29.8 Å². The standard InChI is InChI=1S/C15H21NO3/c1-2-12-4-3-5-13(8-12)19-9-14(18)16-10-15(11-17)6-7-15/h3-5,8,17H,2,6-7,9-11H2,1H3,(H,16,18). The van der Waals surface area contributed by atoms with Crippen LogP contribution in [0.1, 0.15) is 25.3 Å². The molecule has 1 aromatic carbocycles. The molecule has 1 fully saturated rings. The first-order valence-electron chi connectivity index (χ1n) is 6.77. The van der Waals surface area contributed by atoms with Crippen molar-refractivity contribution in [2.45, 2.75) is 26.2 Å². The molecule has 4 nitrogen and oxygen atoms in total. The molecule has 0 aromatic heterocycles. The van der Waals surface area contributed by atoms with Gasteiger partial charge < -0.3 is 15.2 Å². The maximum atomic E-state index is 11.6. The van der Waals surface area contributed by atoms with Gasteiger partial charge in [-0.05, 0) is 37.0 Å². The van der Waals surface area contributed by atoms with Crippen molar-refractivity contribution in [1.29, 1.82) is 0 Å². The summed E-state index contributed by atoms with van der Waals surface area (Å²) in [6.45, 7) is 2.79. The number of hydrogen-bond acceptors (Lipinski definition) is 3. The molecule has 1 aliphatic rings. The molecule has 1 saturated carbocycles. The van der Waals surface area contributed by atoms with Gasteiger partial charge in [-0.15, -0.1) is 0 Å². The number of hydrogen-bond donors (Lipinski definition) is 2. The Morgan fingerprint density at radius 1 is 1.47 bits per heavy atom. The number of rotatable bonds is 7. The van der Waals surface area contributed by atoms with Crippen LogP contribution in [0.15, 0.2) is 24.3 Å². The minimum Gasteiger partial charge on any atom is -0.484 e. The predicted octanol–water partition coefficient (Wildman–Crippen LogP) is 1.52. The summed E-state index contributed by atoms with van der Waals surface area (Å²) in [4.78, 5) is 11.6. The van der Waals surface area contributed by atoms with Gasteiger partial charge in [0.2, 0.25) is 0 Å². The number of ether oxygens (including phenoxy) is 1. The Labute approximate surface area is 113 Å². The Morgan fingerprint density at radius 2 is 2.26 bits per heavy atom. The summed E-state index contributed by atoms with van der Waals surface area (Å²) < 4.78 is 5.46. The molecule has 0 heterocycles. The molecule has 2 N–H and O–H groups in total. The Bertz CT molecular complexity index is 441. The first-order chi connectivity index (χ1) is 9.17. The van der Waals surface area contributed by atoms with Gasteiger partial charge in [-0.25, -0.2) is 0 Å². The molecule has 1 amide bonds. The molecular formula is C15H21NO3. The van der Waals surface area contributed by atoms with Crippen LogP contribution in [0.3, 0.4) is 0 Å². The number of carbonyl (C=O) groups excluding carboxylic acids is 1. The lowest BCUT2D eigenvalue weighted by Crippen LogP contribution is -2.35. The molecule has 4 heteroatoms. The zero-order valence-electron chi connectivity index (χ0n) is 11.3. The van der Waals surface area contributed by atoms with Crippen LogP contribution in [0.2, 0.25) is 0 Å². The molecule has 0 saturated heterocycles. The number of aliphatic hydroxyl groups is 1. The van der Waals surface area contributed by atoms with E-state index in [0.29, 0.717) is 6.54 Å². The van der Waals surface area contributed by atoms with E-state index >= 15 is 0 Å². The second-order valence-corrected chi connectivity index (χ2v) is 5.22. The van der Waals surface area contributed by atoms with Crippen LogP contribution in [0.5, 0.6) is 5.75 Å². The average Bonchev–Trinajstić information content (AvgIpc) is 3.24. The van der Waals surface area contributed by atoms with Crippen molar-refractivity contribution in [3.8, 4) is 5.75 Å². The highest BCUT2D eigenvalue weighted by Crippen LogP contribution is 2.44. The molecule has 2 rings (SSSR count). The maximum absolute atomic E-state index is 11.6. The van der Waals surface area contributed by atoms with Gasteiger partial charge >= 0.3 is 0 Å². The van der Waals surface area contributed by atoms with E-state index < -0.39 is 0 Å². The third-order valence-corrected chi connectivity index (χ3v) is 3.63. The van der Waals surface area contributed by atoms with E-state index in [4.69, 9.17) is 9.84 Å². The molecule has 0 atom stereocenters. The first kappa shape index (κ1) is 13.9. The number of aryl methyl sites for hydroxylation is 1. The van der Waals surface area contributed by atoms with Gasteiger partial charge in [-0.3, -0.25) is 4.79 Å². The van der Waals surface area contributed by atoms with Crippen LogP contribution in [0.25, 0.3) is 0 Å². The molecule has 0 spiro atoms. The number of benzene rings is 1. The zero-order valence-corrected chi connectivity index (χ0v) is 11.3. The van der Waals surface area contributed by atoms with E-state index in [9.17, 15) is 4.79 Å². The smallest absolute Gasteiger partial charge is 0.257 e. The summed E-state index contributed by atoms with van der Waals surface area (Å²) >= 11 is 0. The van der Waals surface area contributed by atoms with Crippen molar-refractivity contribution in [3.63, 3.8) is 0 Å². The van der Waals surface area contributed by atoms with Crippen LogP contribution in [0.4, 0.5) is 0 Å². The Hall–Kier alpha value is -1.55. The topological polar surface area (TPSA) is 58.6 Å². The third-order valence-electron chi connectivity index (χ3n) is 3.63.